The number of methoxy groups -OCH3 is 1. The maximum absolute atomic E-state index is 12.1. The standard InChI is InChI=1S/C16H24O3/c1-10-5-6-13-16(3,19-13)8-7-12-11(10)9-15(12,2)14(17)18-4/h11-13H,1,5-9H2,2-4H3. The third-order valence-electron chi connectivity index (χ3n) is 5.84. The van der Waals surface area contributed by atoms with Crippen LogP contribution in [0.1, 0.15) is 46.0 Å². The molecular formula is C16H24O3. The minimum atomic E-state index is -0.312. The van der Waals surface area contributed by atoms with Gasteiger partial charge in [-0.05, 0) is 57.8 Å². The fourth-order valence-corrected chi connectivity index (χ4v) is 4.27. The largest absolute Gasteiger partial charge is 0.469 e. The van der Waals surface area contributed by atoms with Crippen LogP contribution in [0.4, 0.5) is 0 Å². The van der Waals surface area contributed by atoms with E-state index in [0.29, 0.717) is 17.9 Å². The molecule has 1 aliphatic heterocycles. The summed E-state index contributed by atoms with van der Waals surface area (Å²) < 4.78 is 10.8. The van der Waals surface area contributed by atoms with Crippen molar-refractivity contribution in [3.8, 4) is 0 Å². The van der Waals surface area contributed by atoms with Crippen molar-refractivity contribution in [2.45, 2.75) is 57.7 Å². The Morgan fingerprint density at radius 3 is 2.84 bits per heavy atom. The Balaban J connectivity index is 1.80. The molecule has 3 rings (SSSR count). The van der Waals surface area contributed by atoms with E-state index in [1.807, 2.05) is 0 Å². The summed E-state index contributed by atoms with van der Waals surface area (Å²) in [6.45, 7) is 8.52. The number of ether oxygens (including phenoxy) is 2. The van der Waals surface area contributed by atoms with E-state index >= 15 is 0 Å². The van der Waals surface area contributed by atoms with Crippen molar-refractivity contribution in [3.63, 3.8) is 0 Å². The molecule has 0 aromatic heterocycles. The molecule has 3 aliphatic rings. The predicted octanol–water partition coefficient (Wildman–Crippen LogP) is 3.09. The van der Waals surface area contributed by atoms with Crippen molar-refractivity contribution in [2.24, 2.45) is 17.3 Å². The van der Waals surface area contributed by atoms with E-state index in [4.69, 9.17) is 9.47 Å². The quantitative estimate of drug-likeness (QED) is 0.415. The zero-order valence-electron chi connectivity index (χ0n) is 12.2. The lowest BCUT2D eigenvalue weighted by Gasteiger charge is -2.52. The average Bonchev–Trinajstić information content (AvgIpc) is 3.01. The molecule has 3 nitrogen and oxygen atoms in total. The van der Waals surface area contributed by atoms with Crippen LogP contribution in [-0.4, -0.2) is 24.8 Å². The normalized spacial score (nSPS) is 48.8. The minimum absolute atomic E-state index is 0.0563. The second kappa shape index (κ2) is 4.08. The van der Waals surface area contributed by atoms with Crippen LogP contribution >= 0.6 is 0 Å². The van der Waals surface area contributed by atoms with Gasteiger partial charge in [-0.3, -0.25) is 4.79 Å². The van der Waals surface area contributed by atoms with Crippen LogP contribution in [0.25, 0.3) is 0 Å². The van der Waals surface area contributed by atoms with Crippen molar-refractivity contribution in [1.82, 2.24) is 0 Å². The average molecular weight is 264 g/mol. The van der Waals surface area contributed by atoms with Gasteiger partial charge in [0, 0.05) is 0 Å². The molecule has 2 saturated carbocycles. The Kier molecular flexibility index (Phi) is 2.83. The maximum Gasteiger partial charge on any atom is 0.311 e. The summed E-state index contributed by atoms with van der Waals surface area (Å²) in [6.07, 6.45) is 5.55. The van der Waals surface area contributed by atoms with Gasteiger partial charge in [0.15, 0.2) is 0 Å². The first kappa shape index (κ1) is 13.2. The molecule has 5 unspecified atom stereocenters. The first-order valence-corrected chi connectivity index (χ1v) is 7.34. The molecule has 0 spiro atoms. The summed E-state index contributed by atoms with van der Waals surface area (Å²) in [7, 11) is 1.49. The van der Waals surface area contributed by atoms with Crippen LogP contribution in [0.2, 0.25) is 0 Å². The Bertz CT molecular complexity index is 430. The molecule has 5 atom stereocenters. The van der Waals surface area contributed by atoms with E-state index in [1.54, 1.807) is 0 Å². The van der Waals surface area contributed by atoms with Crippen LogP contribution < -0.4 is 0 Å². The molecule has 0 bridgehead atoms. The Morgan fingerprint density at radius 1 is 1.42 bits per heavy atom. The molecule has 3 heteroatoms. The molecule has 1 saturated heterocycles. The lowest BCUT2D eigenvalue weighted by Crippen LogP contribution is -2.52. The SMILES string of the molecule is C=C1CCC2OC2(C)CCC2C1CC2(C)C(=O)OC. The smallest absolute Gasteiger partial charge is 0.311 e. The van der Waals surface area contributed by atoms with Crippen LogP contribution in [0.5, 0.6) is 0 Å². The summed E-state index contributed by atoms with van der Waals surface area (Å²) in [5, 5.41) is 0. The van der Waals surface area contributed by atoms with Crippen LogP contribution in [-0.2, 0) is 14.3 Å². The third kappa shape index (κ3) is 1.85. The number of hydrogen-bond donors (Lipinski definition) is 0. The fourth-order valence-electron chi connectivity index (χ4n) is 4.27. The van der Waals surface area contributed by atoms with Crippen molar-refractivity contribution in [2.75, 3.05) is 7.11 Å². The van der Waals surface area contributed by atoms with Gasteiger partial charge >= 0.3 is 5.97 Å². The minimum Gasteiger partial charge on any atom is -0.469 e. The number of esters is 1. The molecular weight excluding hydrogens is 240 g/mol. The molecule has 3 fully saturated rings. The lowest BCUT2D eigenvalue weighted by molar-refractivity contribution is -0.168. The highest BCUT2D eigenvalue weighted by molar-refractivity contribution is 5.78. The van der Waals surface area contributed by atoms with Gasteiger partial charge < -0.3 is 9.47 Å². The van der Waals surface area contributed by atoms with Crippen molar-refractivity contribution in [1.29, 1.82) is 0 Å². The van der Waals surface area contributed by atoms with Crippen LogP contribution in [0, 0.1) is 17.3 Å². The number of rotatable bonds is 1. The van der Waals surface area contributed by atoms with Crippen molar-refractivity contribution < 1.29 is 14.3 Å². The highest BCUT2D eigenvalue weighted by atomic mass is 16.6. The topological polar surface area (TPSA) is 38.8 Å². The van der Waals surface area contributed by atoms with Gasteiger partial charge in [0.25, 0.3) is 0 Å². The molecule has 106 valence electrons. The zero-order chi connectivity index (χ0) is 13.8. The van der Waals surface area contributed by atoms with Gasteiger partial charge in [0.05, 0.1) is 24.2 Å². The molecule has 0 aromatic carbocycles. The highest BCUT2D eigenvalue weighted by Crippen LogP contribution is 2.59. The molecule has 0 radical (unpaired) electrons. The number of hydrogen-bond acceptors (Lipinski definition) is 3. The summed E-state index contributed by atoms with van der Waals surface area (Å²) >= 11 is 0. The van der Waals surface area contributed by atoms with Gasteiger partial charge in [-0.2, -0.15) is 0 Å². The molecule has 2 aliphatic carbocycles. The number of carbonyl (C=O) groups is 1. The summed E-state index contributed by atoms with van der Waals surface area (Å²) in [5.41, 5.74) is 1.06. The third-order valence-corrected chi connectivity index (χ3v) is 5.84. The van der Waals surface area contributed by atoms with Crippen molar-refractivity contribution >= 4 is 5.97 Å². The van der Waals surface area contributed by atoms with E-state index in [-0.39, 0.29) is 17.0 Å². The second-order valence-electron chi connectivity index (χ2n) is 6.98. The van der Waals surface area contributed by atoms with E-state index in [2.05, 4.69) is 20.4 Å². The second-order valence-corrected chi connectivity index (χ2v) is 6.98. The lowest BCUT2D eigenvalue weighted by atomic mass is 9.51. The monoisotopic (exact) mass is 264 g/mol. The van der Waals surface area contributed by atoms with Crippen molar-refractivity contribution in [3.05, 3.63) is 12.2 Å². The Labute approximate surface area is 115 Å². The van der Waals surface area contributed by atoms with Gasteiger partial charge in [-0.1, -0.05) is 12.2 Å². The Hall–Kier alpha value is -0.830. The van der Waals surface area contributed by atoms with Crippen LogP contribution in [0.3, 0.4) is 0 Å². The molecule has 0 aromatic rings. The van der Waals surface area contributed by atoms with Gasteiger partial charge in [0.1, 0.15) is 0 Å². The number of allylic oxidation sites excluding steroid dienone is 1. The predicted molar refractivity (Wildman–Crippen MR) is 72.6 cm³/mol. The van der Waals surface area contributed by atoms with E-state index in [0.717, 1.165) is 32.1 Å². The van der Waals surface area contributed by atoms with E-state index in [1.165, 1.54) is 12.7 Å². The summed E-state index contributed by atoms with van der Waals surface area (Å²) in [4.78, 5) is 12.1. The fraction of sp³-hybridized carbons (Fsp3) is 0.812. The Morgan fingerprint density at radius 2 is 2.16 bits per heavy atom. The number of carbonyl (C=O) groups excluding carboxylic acids is 1. The summed E-state index contributed by atoms with van der Waals surface area (Å²) in [6, 6.07) is 0. The number of epoxide rings is 1. The number of fused-ring (bicyclic) bond motifs is 2. The molecule has 0 N–H and O–H groups in total. The van der Waals surface area contributed by atoms with Gasteiger partial charge in [-0.25, -0.2) is 0 Å². The van der Waals surface area contributed by atoms with Gasteiger partial charge in [0.2, 0.25) is 0 Å². The molecule has 19 heavy (non-hydrogen) atoms. The highest BCUT2D eigenvalue weighted by Gasteiger charge is 2.60. The summed E-state index contributed by atoms with van der Waals surface area (Å²) in [5.74, 6) is 0.830. The van der Waals surface area contributed by atoms with E-state index in [9.17, 15) is 4.79 Å². The zero-order valence-corrected chi connectivity index (χ0v) is 12.2. The first-order chi connectivity index (χ1) is 8.90. The first-order valence-electron chi connectivity index (χ1n) is 7.34. The van der Waals surface area contributed by atoms with Crippen LogP contribution in [0.15, 0.2) is 12.2 Å². The molecule has 0 amide bonds. The van der Waals surface area contributed by atoms with E-state index < -0.39 is 0 Å². The maximum atomic E-state index is 12.1. The molecule has 1 heterocycles. The van der Waals surface area contributed by atoms with Gasteiger partial charge in [-0.15, -0.1) is 0 Å².